The molecule has 0 saturated heterocycles. The van der Waals surface area contributed by atoms with Gasteiger partial charge in [0.25, 0.3) is 0 Å². The van der Waals surface area contributed by atoms with Gasteiger partial charge in [0.1, 0.15) is 0 Å². The lowest BCUT2D eigenvalue weighted by Gasteiger charge is -1.99. The number of primary amides is 1. The van der Waals surface area contributed by atoms with Gasteiger partial charge in [-0.15, -0.1) is 0 Å². The van der Waals surface area contributed by atoms with E-state index in [2.05, 4.69) is 18.9 Å². The minimum Gasteiger partial charge on any atom is -0.392 e. The van der Waals surface area contributed by atoms with Gasteiger partial charge in [-0.25, -0.2) is 0 Å². The first-order valence-corrected chi connectivity index (χ1v) is 4.38. The van der Waals surface area contributed by atoms with E-state index < -0.39 is 5.91 Å². The molecule has 15 heavy (non-hydrogen) atoms. The van der Waals surface area contributed by atoms with Gasteiger partial charge in [-0.3, -0.25) is 4.79 Å². The number of nitrogens with two attached hydrogens (primary N) is 1. The van der Waals surface area contributed by atoms with Crippen LogP contribution in [0.5, 0.6) is 0 Å². The minimum absolute atomic E-state index is 0.0855. The van der Waals surface area contributed by atoms with E-state index in [4.69, 9.17) is 5.11 Å². The number of carbonyl (C=O) groups is 1. The number of hydrogen-bond acceptors (Lipinski definition) is 2. The Morgan fingerprint density at radius 1 is 1.40 bits per heavy atom. The average molecular weight is 205 g/mol. The van der Waals surface area contributed by atoms with Crippen LogP contribution in [0.15, 0.2) is 43.5 Å². The van der Waals surface area contributed by atoms with E-state index in [1.807, 2.05) is 24.3 Å². The number of rotatable bonds is 3. The lowest BCUT2D eigenvalue weighted by molar-refractivity contribution is -0.113. The van der Waals surface area contributed by atoms with Crippen molar-refractivity contribution in [1.29, 1.82) is 0 Å². The Morgan fingerprint density at radius 2 is 1.93 bits per heavy atom. The molecule has 0 unspecified atom stereocenters. The van der Waals surface area contributed by atoms with E-state index in [1.165, 1.54) is 0 Å². The largest absolute Gasteiger partial charge is 0.392 e. The van der Waals surface area contributed by atoms with Crippen LogP contribution in [-0.2, 0) is 11.4 Å². The molecule has 1 aromatic rings. The first-order chi connectivity index (χ1) is 7.15. The van der Waals surface area contributed by atoms with Gasteiger partial charge in [0.15, 0.2) is 0 Å². The second-order valence-electron chi connectivity index (χ2n) is 2.67. The normalized spacial score (nSPS) is 8.33. The summed E-state index contributed by atoms with van der Waals surface area (Å²) in [4.78, 5) is 9.47. The van der Waals surface area contributed by atoms with Crippen molar-refractivity contribution in [3.8, 4) is 0 Å². The fraction of sp³-hybridized carbons (Fsp3) is 0.0833. The molecule has 0 saturated carbocycles. The van der Waals surface area contributed by atoms with E-state index in [0.717, 1.165) is 17.2 Å². The van der Waals surface area contributed by atoms with Crippen LogP contribution >= 0.6 is 0 Å². The Morgan fingerprint density at radius 3 is 2.27 bits per heavy atom. The molecule has 1 amide bonds. The zero-order valence-electron chi connectivity index (χ0n) is 8.52. The summed E-state index contributed by atoms with van der Waals surface area (Å²) in [5, 5.41) is 8.80. The van der Waals surface area contributed by atoms with Gasteiger partial charge in [-0.05, 0) is 17.2 Å². The van der Waals surface area contributed by atoms with Crippen LogP contribution in [0.4, 0.5) is 0 Å². The molecule has 0 fully saturated rings. The predicted octanol–water partition coefficient (Wildman–Crippen LogP) is 1.48. The lowest BCUT2D eigenvalue weighted by atomic mass is 10.1. The molecule has 0 aromatic heterocycles. The van der Waals surface area contributed by atoms with Crippen molar-refractivity contribution in [1.82, 2.24) is 0 Å². The van der Waals surface area contributed by atoms with Gasteiger partial charge < -0.3 is 10.8 Å². The van der Waals surface area contributed by atoms with Gasteiger partial charge in [0, 0.05) is 0 Å². The molecule has 0 aliphatic heterocycles. The summed E-state index contributed by atoms with van der Waals surface area (Å²) < 4.78 is 0. The lowest BCUT2D eigenvalue weighted by Crippen LogP contribution is -2.04. The summed E-state index contributed by atoms with van der Waals surface area (Å²) in [6.45, 7) is 6.80. The summed E-state index contributed by atoms with van der Waals surface area (Å²) >= 11 is 0. The topological polar surface area (TPSA) is 63.3 Å². The van der Waals surface area contributed by atoms with Crippen molar-refractivity contribution >= 4 is 12.0 Å². The predicted molar refractivity (Wildman–Crippen MR) is 61.8 cm³/mol. The van der Waals surface area contributed by atoms with E-state index in [9.17, 15) is 4.79 Å². The van der Waals surface area contributed by atoms with Crippen LogP contribution in [0.1, 0.15) is 11.1 Å². The number of hydrogen-bond donors (Lipinski definition) is 2. The van der Waals surface area contributed by atoms with Crippen LogP contribution in [0, 0.1) is 0 Å². The van der Waals surface area contributed by atoms with Crippen molar-refractivity contribution in [3.63, 3.8) is 0 Å². The SMILES string of the molecule is C=CC(N)=O.C=Cc1ccccc1CO. The zero-order chi connectivity index (χ0) is 11.7. The van der Waals surface area contributed by atoms with Gasteiger partial charge >= 0.3 is 0 Å². The molecular weight excluding hydrogens is 190 g/mol. The number of aliphatic hydroxyl groups is 1. The van der Waals surface area contributed by atoms with Crippen LogP contribution in [0.2, 0.25) is 0 Å². The van der Waals surface area contributed by atoms with Crippen molar-refractivity contribution in [2.75, 3.05) is 0 Å². The average Bonchev–Trinajstić information content (AvgIpc) is 2.29. The molecule has 0 spiro atoms. The zero-order valence-corrected chi connectivity index (χ0v) is 8.52. The van der Waals surface area contributed by atoms with Gasteiger partial charge in [0.05, 0.1) is 6.61 Å². The molecule has 0 bridgehead atoms. The van der Waals surface area contributed by atoms with E-state index in [0.29, 0.717) is 0 Å². The van der Waals surface area contributed by atoms with Crippen molar-refractivity contribution < 1.29 is 9.90 Å². The molecule has 1 aromatic carbocycles. The van der Waals surface area contributed by atoms with Crippen molar-refractivity contribution in [2.45, 2.75) is 6.61 Å². The minimum atomic E-state index is -0.481. The highest BCUT2D eigenvalue weighted by Crippen LogP contribution is 2.08. The van der Waals surface area contributed by atoms with Gasteiger partial charge in [-0.1, -0.05) is 43.5 Å². The fourth-order valence-corrected chi connectivity index (χ4v) is 0.877. The van der Waals surface area contributed by atoms with E-state index >= 15 is 0 Å². The van der Waals surface area contributed by atoms with Crippen LogP contribution in [0.3, 0.4) is 0 Å². The Labute approximate surface area is 89.5 Å². The molecule has 3 N–H and O–H groups in total. The molecule has 3 heteroatoms. The summed E-state index contributed by atoms with van der Waals surface area (Å²) in [7, 11) is 0. The molecule has 0 atom stereocenters. The third kappa shape index (κ3) is 5.44. The smallest absolute Gasteiger partial charge is 0.240 e. The highest BCUT2D eigenvalue weighted by Gasteiger charge is 1.92. The quantitative estimate of drug-likeness (QED) is 0.734. The first-order valence-electron chi connectivity index (χ1n) is 4.38. The maximum atomic E-state index is 9.47. The summed E-state index contributed by atoms with van der Waals surface area (Å²) in [6.07, 6.45) is 2.80. The third-order valence-electron chi connectivity index (χ3n) is 1.65. The summed E-state index contributed by atoms with van der Waals surface area (Å²) in [5.41, 5.74) is 6.47. The first kappa shape index (κ1) is 13.1. The summed E-state index contributed by atoms with van der Waals surface area (Å²) in [6, 6.07) is 7.64. The molecular formula is C12H15NO2. The molecule has 0 heterocycles. The Balaban J connectivity index is 0.000000336. The van der Waals surface area contributed by atoms with Crippen LogP contribution in [-0.4, -0.2) is 11.0 Å². The fourth-order valence-electron chi connectivity index (χ4n) is 0.877. The Hall–Kier alpha value is -1.87. The van der Waals surface area contributed by atoms with Crippen LogP contribution in [0.25, 0.3) is 6.08 Å². The maximum Gasteiger partial charge on any atom is 0.240 e. The number of benzene rings is 1. The van der Waals surface area contributed by atoms with Crippen molar-refractivity contribution in [3.05, 3.63) is 54.6 Å². The Kier molecular flexibility index (Phi) is 6.59. The molecule has 0 aliphatic carbocycles. The van der Waals surface area contributed by atoms with Gasteiger partial charge in [-0.2, -0.15) is 0 Å². The number of amides is 1. The number of carbonyl (C=O) groups excluding carboxylic acids is 1. The molecule has 0 radical (unpaired) electrons. The standard InChI is InChI=1S/C9H10O.C3H5NO/c1-2-8-5-3-4-6-9(8)7-10;1-2-3(4)5/h2-6,10H,1,7H2;2H,1H2,(H2,4,5). The molecule has 80 valence electrons. The van der Waals surface area contributed by atoms with E-state index in [1.54, 1.807) is 6.08 Å². The second kappa shape index (κ2) is 7.53. The van der Waals surface area contributed by atoms with Crippen molar-refractivity contribution in [2.24, 2.45) is 5.73 Å². The van der Waals surface area contributed by atoms with E-state index in [-0.39, 0.29) is 6.61 Å². The molecule has 1 rings (SSSR count). The van der Waals surface area contributed by atoms with Crippen LogP contribution < -0.4 is 5.73 Å². The Bertz CT molecular complexity index is 345. The summed E-state index contributed by atoms with van der Waals surface area (Å²) in [5.74, 6) is -0.481. The monoisotopic (exact) mass is 205 g/mol. The number of aliphatic hydroxyl groups excluding tert-OH is 1. The molecule has 0 aliphatic rings. The second-order valence-corrected chi connectivity index (χ2v) is 2.67. The molecule has 3 nitrogen and oxygen atoms in total. The maximum absolute atomic E-state index is 9.47. The highest BCUT2D eigenvalue weighted by molar-refractivity contribution is 5.84. The highest BCUT2D eigenvalue weighted by atomic mass is 16.3. The van der Waals surface area contributed by atoms with Gasteiger partial charge in [0.2, 0.25) is 5.91 Å². The third-order valence-corrected chi connectivity index (χ3v) is 1.65.